The second kappa shape index (κ2) is 16.3. The Kier molecular flexibility index (Phi) is 18.7. The highest BCUT2D eigenvalue weighted by atomic mass is 31.0. The number of rotatable bonds is 6. The van der Waals surface area contributed by atoms with Crippen LogP contribution in [0.2, 0.25) is 0 Å². The molecule has 2 rings (SSSR count). The monoisotopic (exact) mass is 385 g/mol. The maximum atomic E-state index is 5.81. The molecule has 0 radical (unpaired) electrons. The van der Waals surface area contributed by atoms with Gasteiger partial charge < -0.3 is 14.8 Å². The number of methoxy groups -OCH3 is 1. The molecule has 144 valence electrons. The van der Waals surface area contributed by atoms with Gasteiger partial charge in [-0.1, -0.05) is 57.2 Å². The van der Waals surface area contributed by atoms with E-state index in [0.29, 0.717) is 6.61 Å². The third kappa shape index (κ3) is 9.80. The lowest BCUT2D eigenvalue weighted by Gasteiger charge is -2.11. The smallest absolute Gasteiger partial charge is 0.127 e. The van der Waals surface area contributed by atoms with Gasteiger partial charge in [0.1, 0.15) is 18.1 Å². The third-order valence-electron chi connectivity index (χ3n) is 3.15. The van der Waals surface area contributed by atoms with Crippen molar-refractivity contribution in [2.24, 2.45) is 0 Å². The molecule has 0 amide bonds. The van der Waals surface area contributed by atoms with Crippen LogP contribution in [-0.4, -0.2) is 14.2 Å². The van der Waals surface area contributed by atoms with Crippen molar-refractivity contribution in [3.05, 3.63) is 59.2 Å². The maximum Gasteiger partial charge on any atom is 0.127 e. The molecule has 25 heavy (non-hydrogen) atoms. The Morgan fingerprint density at radius 1 is 0.960 bits per heavy atom. The van der Waals surface area contributed by atoms with Crippen LogP contribution >= 0.6 is 19.8 Å². The molecule has 0 aliphatic heterocycles. The quantitative estimate of drug-likeness (QED) is 0.704. The molecular formula is C20H37NO2P2. The number of hydrogen-bond donors (Lipinski definition) is 1. The summed E-state index contributed by atoms with van der Waals surface area (Å²) >= 11 is 0. The van der Waals surface area contributed by atoms with E-state index in [1.807, 2.05) is 39.1 Å². The van der Waals surface area contributed by atoms with Gasteiger partial charge in [0.05, 0.1) is 7.11 Å². The number of ether oxygens (including phenoxy) is 2. The van der Waals surface area contributed by atoms with Crippen LogP contribution in [0.1, 0.15) is 38.0 Å². The lowest BCUT2D eigenvalue weighted by Crippen LogP contribution is -2.06. The summed E-state index contributed by atoms with van der Waals surface area (Å²) in [6.07, 6.45) is 0. The topological polar surface area (TPSA) is 30.5 Å². The normalized spacial score (nSPS) is 8.52. The van der Waals surface area contributed by atoms with Gasteiger partial charge in [0, 0.05) is 18.2 Å². The summed E-state index contributed by atoms with van der Waals surface area (Å²) in [4.78, 5) is 0. The van der Waals surface area contributed by atoms with E-state index in [0.717, 1.165) is 29.2 Å². The zero-order chi connectivity index (χ0) is 16.4. The SMILES string of the molecule is C.CC.CNCc1ccc(OCc2ccc(C)cc2)cc1OC.P.P. The van der Waals surface area contributed by atoms with Crippen molar-refractivity contribution in [1.82, 2.24) is 5.32 Å². The van der Waals surface area contributed by atoms with Crippen molar-refractivity contribution in [2.75, 3.05) is 14.2 Å². The second-order valence-electron chi connectivity index (χ2n) is 4.78. The van der Waals surface area contributed by atoms with Crippen LogP contribution in [0.3, 0.4) is 0 Å². The van der Waals surface area contributed by atoms with Crippen LogP contribution in [0.25, 0.3) is 0 Å². The minimum atomic E-state index is 0. The number of hydrogen-bond acceptors (Lipinski definition) is 3. The fraction of sp³-hybridized carbons (Fsp3) is 0.400. The standard InChI is InChI=1S/C17H21NO2.C2H6.CH4.2H3P/c1-13-4-6-14(7-5-13)12-20-16-9-8-15(11-18-2)17(10-16)19-3;1-2;;;/h4-10,18H,11-12H2,1-3H3;1-2H3;1H4;2*1H3. The van der Waals surface area contributed by atoms with E-state index in [1.165, 1.54) is 5.56 Å². The Bertz CT molecular complexity index is 560. The van der Waals surface area contributed by atoms with Crippen molar-refractivity contribution >= 4 is 19.8 Å². The Hall–Kier alpha value is -1.14. The Morgan fingerprint density at radius 2 is 1.56 bits per heavy atom. The molecule has 3 nitrogen and oxygen atoms in total. The highest BCUT2D eigenvalue weighted by Crippen LogP contribution is 2.25. The molecule has 0 aromatic heterocycles. The van der Waals surface area contributed by atoms with Gasteiger partial charge >= 0.3 is 0 Å². The average Bonchev–Trinajstić information content (AvgIpc) is 2.57. The minimum absolute atomic E-state index is 0. The minimum Gasteiger partial charge on any atom is -0.496 e. The Labute approximate surface area is 161 Å². The van der Waals surface area contributed by atoms with Crippen molar-refractivity contribution in [3.8, 4) is 11.5 Å². The van der Waals surface area contributed by atoms with E-state index in [1.54, 1.807) is 7.11 Å². The largest absolute Gasteiger partial charge is 0.496 e. The van der Waals surface area contributed by atoms with Crippen LogP contribution in [0.15, 0.2) is 42.5 Å². The lowest BCUT2D eigenvalue weighted by molar-refractivity contribution is 0.303. The van der Waals surface area contributed by atoms with Gasteiger partial charge in [-0.25, -0.2) is 0 Å². The van der Waals surface area contributed by atoms with E-state index >= 15 is 0 Å². The summed E-state index contributed by atoms with van der Waals surface area (Å²) in [6, 6.07) is 14.3. The Balaban J connectivity index is -0.000000934. The molecule has 0 saturated heterocycles. The molecule has 2 aromatic rings. The third-order valence-corrected chi connectivity index (χ3v) is 3.15. The lowest BCUT2D eigenvalue weighted by atomic mass is 10.1. The molecule has 0 aliphatic rings. The zero-order valence-electron chi connectivity index (χ0n) is 15.7. The van der Waals surface area contributed by atoms with E-state index < -0.39 is 0 Å². The molecule has 0 fully saturated rings. The summed E-state index contributed by atoms with van der Waals surface area (Å²) < 4.78 is 11.2. The van der Waals surface area contributed by atoms with Crippen LogP contribution in [0, 0.1) is 6.92 Å². The van der Waals surface area contributed by atoms with Crippen molar-refractivity contribution in [2.45, 2.75) is 41.3 Å². The molecule has 2 atom stereocenters. The average molecular weight is 385 g/mol. The Morgan fingerprint density at radius 3 is 2.08 bits per heavy atom. The van der Waals surface area contributed by atoms with Crippen LogP contribution in [0.4, 0.5) is 0 Å². The van der Waals surface area contributed by atoms with E-state index in [2.05, 4.69) is 36.5 Å². The second-order valence-corrected chi connectivity index (χ2v) is 4.78. The van der Waals surface area contributed by atoms with Crippen LogP contribution < -0.4 is 14.8 Å². The first-order valence-electron chi connectivity index (χ1n) is 7.73. The van der Waals surface area contributed by atoms with Gasteiger partial charge in [0.15, 0.2) is 0 Å². The molecule has 5 heteroatoms. The summed E-state index contributed by atoms with van der Waals surface area (Å²) in [5, 5.41) is 3.12. The number of benzene rings is 2. The van der Waals surface area contributed by atoms with Crippen LogP contribution in [-0.2, 0) is 13.2 Å². The van der Waals surface area contributed by atoms with E-state index in [4.69, 9.17) is 9.47 Å². The first-order chi connectivity index (χ1) is 10.7. The van der Waals surface area contributed by atoms with Gasteiger partial charge in [0.25, 0.3) is 0 Å². The number of aryl methyl sites for hydroxylation is 1. The van der Waals surface area contributed by atoms with Crippen molar-refractivity contribution in [3.63, 3.8) is 0 Å². The van der Waals surface area contributed by atoms with Crippen LogP contribution in [0.5, 0.6) is 11.5 Å². The predicted molar refractivity (Wildman–Crippen MR) is 122 cm³/mol. The predicted octanol–water partition coefficient (Wildman–Crippen LogP) is 5.08. The highest BCUT2D eigenvalue weighted by Gasteiger charge is 2.04. The van der Waals surface area contributed by atoms with Gasteiger partial charge in [0.2, 0.25) is 0 Å². The van der Waals surface area contributed by atoms with Gasteiger partial charge in [-0.05, 0) is 25.6 Å². The summed E-state index contributed by atoms with van der Waals surface area (Å²) in [5.41, 5.74) is 3.54. The number of nitrogens with one attached hydrogen (secondary N) is 1. The molecule has 2 aromatic carbocycles. The first kappa shape index (κ1) is 28.7. The first-order valence-corrected chi connectivity index (χ1v) is 7.73. The fourth-order valence-corrected chi connectivity index (χ4v) is 2.00. The summed E-state index contributed by atoms with van der Waals surface area (Å²) in [6.45, 7) is 7.42. The van der Waals surface area contributed by atoms with E-state index in [-0.39, 0.29) is 27.2 Å². The van der Waals surface area contributed by atoms with Gasteiger partial charge in [-0.3, -0.25) is 0 Å². The molecule has 2 unspecified atom stereocenters. The molecule has 0 spiro atoms. The maximum absolute atomic E-state index is 5.81. The van der Waals surface area contributed by atoms with Crippen molar-refractivity contribution < 1.29 is 9.47 Å². The molecule has 1 N–H and O–H groups in total. The summed E-state index contributed by atoms with van der Waals surface area (Å²) in [5.74, 6) is 1.67. The van der Waals surface area contributed by atoms with Gasteiger partial charge in [-0.2, -0.15) is 19.8 Å². The fourth-order valence-electron chi connectivity index (χ4n) is 2.00. The molecule has 0 heterocycles. The molecule has 0 aliphatic carbocycles. The van der Waals surface area contributed by atoms with Crippen molar-refractivity contribution in [1.29, 1.82) is 0 Å². The highest BCUT2D eigenvalue weighted by molar-refractivity contribution is 6.92. The molecule has 0 bridgehead atoms. The zero-order valence-corrected chi connectivity index (χ0v) is 18.5. The molecular weight excluding hydrogens is 348 g/mol. The van der Waals surface area contributed by atoms with Gasteiger partial charge in [-0.15, -0.1) is 0 Å². The van der Waals surface area contributed by atoms with E-state index in [9.17, 15) is 0 Å². The molecule has 0 saturated carbocycles. The summed E-state index contributed by atoms with van der Waals surface area (Å²) in [7, 11) is 3.60.